The monoisotopic (exact) mass is 272 g/mol. The van der Waals surface area contributed by atoms with E-state index in [1.54, 1.807) is 13.8 Å². The average molecular weight is 272 g/mol. The number of hydrogen-bond acceptors (Lipinski definition) is 2. The molecule has 0 spiro atoms. The summed E-state index contributed by atoms with van der Waals surface area (Å²) in [5.41, 5.74) is 4.39. The van der Waals surface area contributed by atoms with Gasteiger partial charge in [0.15, 0.2) is 0 Å². The van der Waals surface area contributed by atoms with Crippen LogP contribution >= 0.6 is 12.2 Å². The Morgan fingerprint density at radius 1 is 1.50 bits per heavy atom. The van der Waals surface area contributed by atoms with Crippen LogP contribution < -0.4 is 11.1 Å². The molecule has 0 heterocycles. The van der Waals surface area contributed by atoms with Crippen LogP contribution in [0.5, 0.6) is 0 Å². The molecule has 1 rings (SSSR count). The lowest BCUT2D eigenvalue weighted by atomic mass is 9.98. The predicted molar refractivity (Wildman–Crippen MR) is 69.3 cm³/mol. The predicted octanol–water partition coefficient (Wildman–Crippen LogP) is 2.15. The van der Waals surface area contributed by atoms with Crippen LogP contribution in [0, 0.1) is 11.6 Å². The van der Waals surface area contributed by atoms with Crippen molar-refractivity contribution in [3.63, 3.8) is 0 Å². The third-order valence-electron chi connectivity index (χ3n) is 2.82. The number of nitrogens with two attached hydrogens (primary N) is 1. The van der Waals surface area contributed by atoms with Crippen LogP contribution in [0.2, 0.25) is 0 Å². The molecule has 0 bridgehead atoms. The quantitative estimate of drug-likeness (QED) is 0.826. The van der Waals surface area contributed by atoms with Crippen molar-refractivity contribution in [2.24, 2.45) is 5.73 Å². The second-order valence-corrected chi connectivity index (χ2v) is 4.57. The highest BCUT2D eigenvalue weighted by molar-refractivity contribution is 7.80. The topological polar surface area (TPSA) is 55.1 Å². The van der Waals surface area contributed by atoms with E-state index in [1.807, 2.05) is 0 Å². The van der Waals surface area contributed by atoms with E-state index in [4.69, 9.17) is 18.0 Å². The number of rotatable bonds is 4. The van der Waals surface area contributed by atoms with Crippen molar-refractivity contribution in [3.05, 3.63) is 35.4 Å². The molecular formula is C12H14F2N2OS. The lowest BCUT2D eigenvalue weighted by Crippen LogP contribution is -2.54. The van der Waals surface area contributed by atoms with Crippen LogP contribution in [0.1, 0.15) is 30.6 Å². The minimum atomic E-state index is -0.922. The van der Waals surface area contributed by atoms with E-state index in [0.717, 1.165) is 12.1 Å². The van der Waals surface area contributed by atoms with Gasteiger partial charge in [0.1, 0.15) is 11.6 Å². The molecule has 18 heavy (non-hydrogen) atoms. The molecule has 0 aliphatic carbocycles. The number of halogens is 2. The fourth-order valence-corrected chi connectivity index (χ4v) is 1.51. The minimum Gasteiger partial charge on any atom is -0.391 e. The van der Waals surface area contributed by atoms with Crippen molar-refractivity contribution in [1.82, 2.24) is 5.32 Å². The van der Waals surface area contributed by atoms with Crippen molar-refractivity contribution in [2.45, 2.75) is 25.8 Å². The molecule has 0 aromatic heterocycles. The summed E-state index contributed by atoms with van der Waals surface area (Å²) in [6, 6.07) is 2.75. The maximum atomic E-state index is 13.4. The molecule has 0 saturated carbocycles. The van der Waals surface area contributed by atoms with Gasteiger partial charge in [0.25, 0.3) is 5.91 Å². The summed E-state index contributed by atoms with van der Waals surface area (Å²) < 4.78 is 26.1. The van der Waals surface area contributed by atoms with E-state index < -0.39 is 23.1 Å². The van der Waals surface area contributed by atoms with Gasteiger partial charge in [-0.2, -0.15) is 0 Å². The van der Waals surface area contributed by atoms with Gasteiger partial charge in [-0.25, -0.2) is 8.78 Å². The van der Waals surface area contributed by atoms with Gasteiger partial charge < -0.3 is 11.1 Å². The Morgan fingerprint density at radius 3 is 2.56 bits per heavy atom. The fraction of sp³-hybridized carbons (Fsp3) is 0.333. The summed E-state index contributed by atoms with van der Waals surface area (Å²) >= 11 is 4.86. The summed E-state index contributed by atoms with van der Waals surface area (Å²) in [6.45, 7) is 3.44. The largest absolute Gasteiger partial charge is 0.391 e. The van der Waals surface area contributed by atoms with E-state index in [-0.39, 0.29) is 10.6 Å². The first-order valence-electron chi connectivity index (χ1n) is 5.37. The summed E-state index contributed by atoms with van der Waals surface area (Å²) in [5, 5.41) is 2.55. The van der Waals surface area contributed by atoms with Crippen LogP contribution in [0.4, 0.5) is 8.78 Å². The molecule has 1 atom stereocenters. The molecule has 1 aromatic carbocycles. The Kier molecular flexibility index (Phi) is 4.34. The van der Waals surface area contributed by atoms with Gasteiger partial charge in [-0.1, -0.05) is 19.1 Å². The number of carbonyl (C=O) groups is 1. The maximum absolute atomic E-state index is 13.4. The lowest BCUT2D eigenvalue weighted by molar-refractivity contribution is 0.0922. The van der Waals surface area contributed by atoms with Gasteiger partial charge in [0.05, 0.1) is 16.1 Å². The fourth-order valence-electron chi connectivity index (χ4n) is 1.32. The molecule has 0 radical (unpaired) electrons. The molecule has 0 aliphatic rings. The maximum Gasteiger partial charge on any atom is 0.255 e. The molecule has 0 aliphatic heterocycles. The molecule has 3 nitrogen and oxygen atoms in total. The smallest absolute Gasteiger partial charge is 0.255 e. The second kappa shape index (κ2) is 5.39. The Bertz CT molecular complexity index is 493. The number of benzene rings is 1. The second-order valence-electron chi connectivity index (χ2n) is 4.13. The third kappa shape index (κ3) is 3.01. The van der Waals surface area contributed by atoms with Crippen molar-refractivity contribution < 1.29 is 13.6 Å². The Labute approximate surface area is 109 Å². The number of nitrogens with one attached hydrogen (secondary N) is 1. The molecule has 1 aromatic rings. The molecule has 1 amide bonds. The summed E-state index contributed by atoms with van der Waals surface area (Å²) in [6.07, 6.45) is 0.469. The van der Waals surface area contributed by atoms with Crippen molar-refractivity contribution in [1.29, 1.82) is 0 Å². The zero-order valence-corrected chi connectivity index (χ0v) is 10.9. The molecular weight excluding hydrogens is 258 g/mol. The van der Waals surface area contributed by atoms with Crippen LogP contribution in [0.25, 0.3) is 0 Å². The lowest BCUT2D eigenvalue weighted by Gasteiger charge is -2.28. The van der Waals surface area contributed by atoms with E-state index >= 15 is 0 Å². The zero-order valence-electron chi connectivity index (χ0n) is 10.1. The van der Waals surface area contributed by atoms with Crippen LogP contribution in [0.15, 0.2) is 18.2 Å². The normalized spacial score (nSPS) is 13.8. The number of hydrogen-bond donors (Lipinski definition) is 2. The number of thiocarbonyl (C=S) groups is 1. The highest BCUT2D eigenvalue weighted by Crippen LogP contribution is 2.14. The Hall–Kier alpha value is -1.56. The van der Waals surface area contributed by atoms with E-state index in [2.05, 4.69) is 5.32 Å². The number of carbonyl (C=O) groups excluding carboxylic acids is 1. The SMILES string of the molecule is CCC(C)(NC(=O)c1ccc(F)cc1F)C(N)=S. The molecule has 6 heteroatoms. The Morgan fingerprint density at radius 2 is 2.11 bits per heavy atom. The first-order chi connectivity index (χ1) is 8.30. The first kappa shape index (κ1) is 14.5. The van der Waals surface area contributed by atoms with Gasteiger partial charge in [0, 0.05) is 6.07 Å². The van der Waals surface area contributed by atoms with Crippen molar-refractivity contribution in [3.8, 4) is 0 Å². The van der Waals surface area contributed by atoms with Gasteiger partial charge in [-0.15, -0.1) is 0 Å². The zero-order chi connectivity index (χ0) is 13.9. The van der Waals surface area contributed by atoms with Crippen molar-refractivity contribution in [2.75, 3.05) is 0 Å². The molecule has 98 valence electrons. The van der Waals surface area contributed by atoms with Gasteiger partial charge in [-0.05, 0) is 25.5 Å². The first-order valence-corrected chi connectivity index (χ1v) is 5.78. The van der Waals surface area contributed by atoms with Gasteiger partial charge in [-0.3, -0.25) is 4.79 Å². The van der Waals surface area contributed by atoms with E-state index in [0.29, 0.717) is 12.5 Å². The third-order valence-corrected chi connectivity index (χ3v) is 3.27. The number of amides is 1. The summed E-state index contributed by atoms with van der Waals surface area (Å²) in [4.78, 5) is 12.0. The Balaban J connectivity index is 2.98. The molecule has 0 fully saturated rings. The summed E-state index contributed by atoms with van der Waals surface area (Å²) in [7, 11) is 0. The summed E-state index contributed by atoms with van der Waals surface area (Å²) in [5.74, 6) is -2.34. The van der Waals surface area contributed by atoms with Crippen LogP contribution in [-0.4, -0.2) is 16.4 Å². The minimum absolute atomic E-state index is 0.112. The molecule has 3 N–H and O–H groups in total. The highest BCUT2D eigenvalue weighted by atomic mass is 32.1. The van der Waals surface area contributed by atoms with Crippen molar-refractivity contribution >= 4 is 23.1 Å². The average Bonchev–Trinajstić information content (AvgIpc) is 2.28. The van der Waals surface area contributed by atoms with E-state index in [1.165, 1.54) is 0 Å². The van der Waals surface area contributed by atoms with Crippen LogP contribution in [0.3, 0.4) is 0 Å². The van der Waals surface area contributed by atoms with E-state index in [9.17, 15) is 13.6 Å². The van der Waals surface area contributed by atoms with Gasteiger partial charge >= 0.3 is 0 Å². The van der Waals surface area contributed by atoms with Crippen LogP contribution in [-0.2, 0) is 0 Å². The highest BCUT2D eigenvalue weighted by Gasteiger charge is 2.28. The standard InChI is InChI=1S/C12H14F2N2OS/c1-3-12(2,11(15)18)16-10(17)8-5-4-7(13)6-9(8)14/h4-6H,3H2,1-2H3,(H2,15,18)(H,16,17). The van der Waals surface area contributed by atoms with Gasteiger partial charge in [0.2, 0.25) is 0 Å². The molecule has 1 unspecified atom stereocenters. The molecule has 0 saturated heterocycles.